The Labute approximate surface area is 104 Å². The largest absolute Gasteiger partial charge is 0.326 e. The second kappa shape index (κ2) is 6.40. The fourth-order valence-corrected chi connectivity index (χ4v) is 1.77. The minimum absolute atomic E-state index is 0.0276. The van der Waals surface area contributed by atoms with Crippen LogP contribution in [0.15, 0.2) is 24.3 Å². The number of benzene rings is 1. The average molecular weight is 234 g/mol. The molecule has 1 aromatic carbocycles. The highest BCUT2D eigenvalue weighted by Gasteiger charge is 2.14. The Bertz CT molecular complexity index is 374. The van der Waals surface area contributed by atoms with Gasteiger partial charge in [0.2, 0.25) is 5.91 Å². The summed E-state index contributed by atoms with van der Waals surface area (Å²) in [5.41, 5.74) is 2.10. The van der Waals surface area contributed by atoms with Crippen LogP contribution in [0.4, 0.5) is 5.69 Å². The van der Waals surface area contributed by atoms with Crippen LogP contribution in [0.3, 0.4) is 0 Å². The zero-order valence-electron chi connectivity index (χ0n) is 11.1. The van der Waals surface area contributed by atoms with Gasteiger partial charge in [0.1, 0.15) is 0 Å². The molecule has 0 saturated carbocycles. The van der Waals surface area contributed by atoms with Crippen molar-refractivity contribution in [2.24, 2.45) is 5.92 Å². The summed E-state index contributed by atoms with van der Waals surface area (Å²) in [6.07, 6.45) is 0. The lowest BCUT2D eigenvalue weighted by Crippen LogP contribution is -2.29. The smallest absolute Gasteiger partial charge is 0.228 e. The maximum absolute atomic E-state index is 11.9. The summed E-state index contributed by atoms with van der Waals surface area (Å²) >= 11 is 0. The van der Waals surface area contributed by atoms with Crippen molar-refractivity contribution in [3.05, 3.63) is 29.8 Å². The van der Waals surface area contributed by atoms with Crippen molar-refractivity contribution in [2.45, 2.75) is 26.7 Å². The van der Waals surface area contributed by atoms with Gasteiger partial charge in [-0.05, 0) is 24.6 Å². The molecule has 94 valence electrons. The van der Waals surface area contributed by atoms with Gasteiger partial charge in [-0.3, -0.25) is 4.79 Å². The third kappa shape index (κ3) is 3.86. The summed E-state index contributed by atoms with van der Waals surface area (Å²) in [5, 5.41) is 6.01. The van der Waals surface area contributed by atoms with Gasteiger partial charge in [-0.25, -0.2) is 0 Å². The van der Waals surface area contributed by atoms with Crippen molar-refractivity contribution < 1.29 is 4.79 Å². The van der Waals surface area contributed by atoms with Crippen molar-refractivity contribution in [3.63, 3.8) is 0 Å². The normalized spacial score (nSPS) is 12.5. The number of anilines is 1. The molecule has 0 aliphatic rings. The summed E-state index contributed by atoms with van der Waals surface area (Å²) < 4.78 is 0. The van der Waals surface area contributed by atoms with Crippen molar-refractivity contribution in [3.8, 4) is 0 Å². The Hall–Kier alpha value is -1.35. The molecule has 0 radical (unpaired) electrons. The molecule has 1 amide bonds. The van der Waals surface area contributed by atoms with Crippen molar-refractivity contribution in [1.82, 2.24) is 5.32 Å². The summed E-state index contributed by atoms with van der Waals surface area (Å²) in [6, 6.07) is 7.97. The van der Waals surface area contributed by atoms with Crippen LogP contribution in [-0.4, -0.2) is 19.5 Å². The molecule has 0 aliphatic carbocycles. The molecule has 0 spiro atoms. The van der Waals surface area contributed by atoms with E-state index in [0.29, 0.717) is 12.5 Å². The van der Waals surface area contributed by atoms with Gasteiger partial charge >= 0.3 is 0 Å². The lowest BCUT2D eigenvalue weighted by molar-refractivity contribution is -0.119. The summed E-state index contributed by atoms with van der Waals surface area (Å²) in [6.45, 7) is 6.86. The number of carbonyl (C=O) groups is 1. The molecule has 0 aliphatic heterocycles. The van der Waals surface area contributed by atoms with Gasteiger partial charge < -0.3 is 10.6 Å². The number of hydrogen-bond acceptors (Lipinski definition) is 2. The summed E-state index contributed by atoms with van der Waals surface area (Å²) in [4.78, 5) is 11.9. The molecule has 3 nitrogen and oxygen atoms in total. The van der Waals surface area contributed by atoms with Crippen LogP contribution < -0.4 is 10.6 Å². The molecular formula is C14H22N2O. The number of para-hydroxylation sites is 1. The van der Waals surface area contributed by atoms with E-state index in [1.165, 1.54) is 5.56 Å². The Morgan fingerprint density at radius 3 is 2.47 bits per heavy atom. The highest BCUT2D eigenvalue weighted by molar-refractivity contribution is 5.93. The first-order valence-electron chi connectivity index (χ1n) is 6.10. The van der Waals surface area contributed by atoms with Gasteiger partial charge in [0.05, 0.1) is 0 Å². The molecule has 1 rings (SSSR count). The van der Waals surface area contributed by atoms with E-state index >= 15 is 0 Å². The van der Waals surface area contributed by atoms with Gasteiger partial charge in [-0.1, -0.05) is 39.0 Å². The van der Waals surface area contributed by atoms with Gasteiger partial charge in [0, 0.05) is 18.2 Å². The third-order valence-electron chi connectivity index (χ3n) is 2.80. The molecule has 17 heavy (non-hydrogen) atoms. The molecule has 0 fully saturated rings. The number of rotatable bonds is 5. The topological polar surface area (TPSA) is 41.1 Å². The van der Waals surface area contributed by atoms with Crippen LogP contribution in [0, 0.1) is 5.92 Å². The number of nitrogens with one attached hydrogen (secondary N) is 2. The Morgan fingerprint density at radius 1 is 1.24 bits per heavy atom. The Morgan fingerprint density at radius 2 is 1.88 bits per heavy atom. The van der Waals surface area contributed by atoms with E-state index in [2.05, 4.69) is 30.5 Å². The molecule has 0 heterocycles. The van der Waals surface area contributed by atoms with E-state index in [0.717, 1.165) is 5.69 Å². The zero-order valence-corrected chi connectivity index (χ0v) is 11.1. The fourth-order valence-electron chi connectivity index (χ4n) is 1.77. The molecule has 0 aromatic heterocycles. The molecule has 3 heteroatoms. The lowest BCUT2D eigenvalue weighted by atomic mass is 10.0. The maximum atomic E-state index is 11.9. The maximum Gasteiger partial charge on any atom is 0.228 e. The molecule has 1 aromatic rings. The number of hydrogen-bond donors (Lipinski definition) is 2. The van der Waals surface area contributed by atoms with Gasteiger partial charge in [-0.15, -0.1) is 0 Å². The van der Waals surface area contributed by atoms with Crippen LogP contribution in [0.5, 0.6) is 0 Å². The lowest BCUT2D eigenvalue weighted by Gasteiger charge is -2.16. The van der Waals surface area contributed by atoms with Crippen LogP contribution in [0.2, 0.25) is 0 Å². The first-order chi connectivity index (χ1) is 8.06. The minimum atomic E-state index is -0.0276. The second-order valence-corrected chi connectivity index (χ2v) is 4.69. The first-order valence-corrected chi connectivity index (χ1v) is 6.10. The van der Waals surface area contributed by atoms with E-state index in [1.54, 1.807) is 0 Å². The van der Waals surface area contributed by atoms with Crippen LogP contribution in [0.25, 0.3) is 0 Å². The first kappa shape index (κ1) is 13.7. The molecule has 1 atom stereocenters. The van der Waals surface area contributed by atoms with E-state index in [4.69, 9.17) is 0 Å². The quantitative estimate of drug-likeness (QED) is 0.822. The Balaban J connectivity index is 2.77. The van der Waals surface area contributed by atoms with Crippen LogP contribution >= 0.6 is 0 Å². The highest BCUT2D eigenvalue weighted by Crippen LogP contribution is 2.23. The molecular weight excluding hydrogens is 212 g/mol. The number of amides is 1. The van der Waals surface area contributed by atoms with Crippen molar-refractivity contribution in [1.29, 1.82) is 0 Å². The van der Waals surface area contributed by atoms with E-state index in [9.17, 15) is 4.79 Å². The van der Waals surface area contributed by atoms with Gasteiger partial charge in [0.15, 0.2) is 0 Å². The van der Waals surface area contributed by atoms with Crippen LogP contribution in [0.1, 0.15) is 32.3 Å². The van der Waals surface area contributed by atoms with Crippen molar-refractivity contribution in [2.75, 3.05) is 18.9 Å². The zero-order chi connectivity index (χ0) is 12.8. The third-order valence-corrected chi connectivity index (χ3v) is 2.80. The predicted molar refractivity (Wildman–Crippen MR) is 72.3 cm³/mol. The summed E-state index contributed by atoms with van der Waals surface area (Å²) in [7, 11) is 1.85. The van der Waals surface area contributed by atoms with E-state index in [-0.39, 0.29) is 11.8 Å². The van der Waals surface area contributed by atoms with E-state index < -0.39 is 0 Å². The molecule has 1 unspecified atom stereocenters. The summed E-state index contributed by atoms with van der Waals surface area (Å²) in [5.74, 6) is 0.443. The Kier molecular flexibility index (Phi) is 5.16. The predicted octanol–water partition coefficient (Wildman–Crippen LogP) is 2.60. The van der Waals surface area contributed by atoms with E-state index in [1.807, 2.05) is 32.2 Å². The minimum Gasteiger partial charge on any atom is -0.326 e. The number of carbonyl (C=O) groups excluding carboxylic acids is 1. The fraction of sp³-hybridized carbons (Fsp3) is 0.500. The van der Waals surface area contributed by atoms with Crippen LogP contribution in [-0.2, 0) is 4.79 Å². The molecule has 0 bridgehead atoms. The van der Waals surface area contributed by atoms with Crippen molar-refractivity contribution >= 4 is 11.6 Å². The average Bonchev–Trinajstić information content (AvgIpc) is 2.29. The SMILES string of the molecule is CNCC(C)C(=O)Nc1ccccc1C(C)C. The molecule has 0 saturated heterocycles. The molecule has 2 N–H and O–H groups in total. The highest BCUT2D eigenvalue weighted by atomic mass is 16.1. The second-order valence-electron chi connectivity index (χ2n) is 4.69. The standard InChI is InChI=1S/C14H22N2O/c1-10(2)12-7-5-6-8-13(12)16-14(17)11(3)9-15-4/h5-8,10-11,15H,9H2,1-4H3,(H,16,17). The monoisotopic (exact) mass is 234 g/mol. The van der Waals surface area contributed by atoms with Gasteiger partial charge in [0.25, 0.3) is 0 Å². The van der Waals surface area contributed by atoms with Gasteiger partial charge in [-0.2, -0.15) is 0 Å².